The predicted molar refractivity (Wildman–Crippen MR) is 127 cm³/mol. The molecule has 0 fully saturated rings. The lowest BCUT2D eigenvalue weighted by Gasteiger charge is -2.34. The molecular formula is C26H33ClNP. The third-order valence-electron chi connectivity index (χ3n) is 5.61. The van der Waals surface area contributed by atoms with Crippen molar-refractivity contribution in [3.63, 3.8) is 0 Å². The van der Waals surface area contributed by atoms with Crippen molar-refractivity contribution in [2.24, 2.45) is 0 Å². The summed E-state index contributed by atoms with van der Waals surface area (Å²) in [5.74, 6) is 0. The third kappa shape index (κ3) is 5.28. The second kappa shape index (κ2) is 10.9. The van der Waals surface area contributed by atoms with Crippen LogP contribution in [-0.2, 0) is 0 Å². The zero-order valence-corrected chi connectivity index (χ0v) is 19.7. The Hall–Kier alpha value is -1.66. The average Bonchev–Trinajstić information content (AvgIpc) is 2.73. The Morgan fingerprint density at radius 1 is 0.586 bits per heavy atom. The molecule has 0 aromatic heterocycles. The quantitative estimate of drug-likeness (QED) is 0.500. The average molecular weight is 426 g/mol. The second-order valence-electron chi connectivity index (χ2n) is 7.97. The van der Waals surface area contributed by atoms with Crippen LogP contribution in [0.3, 0.4) is 0 Å². The summed E-state index contributed by atoms with van der Waals surface area (Å²) >= 11 is 0. The third-order valence-corrected chi connectivity index (χ3v) is 10.0. The van der Waals surface area contributed by atoms with Crippen LogP contribution in [0.15, 0.2) is 91.0 Å². The van der Waals surface area contributed by atoms with E-state index in [1.165, 1.54) is 15.9 Å². The maximum absolute atomic E-state index is 2.63. The molecule has 0 amide bonds. The van der Waals surface area contributed by atoms with E-state index in [2.05, 4.69) is 124 Å². The highest BCUT2D eigenvalue weighted by atomic mass is 35.5. The lowest BCUT2D eigenvalue weighted by molar-refractivity contribution is -0.00000639. The number of nitrogens with zero attached hydrogens (tertiary/aromatic N) is 1. The first kappa shape index (κ1) is 23.6. The van der Waals surface area contributed by atoms with Crippen LogP contribution in [0.1, 0.15) is 27.7 Å². The summed E-state index contributed by atoms with van der Waals surface area (Å²) in [7, 11) is -1.73. The molecule has 154 valence electrons. The van der Waals surface area contributed by atoms with Gasteiger partial charge in [0.05, 0.1) is 6.16 Å². The summed E-state index contributed by atoms with van der Waals surface area (Å²) in [5, 5.41) is 4.42. The molecule has 29 heavy (non-hydrogen) atoms. The number of hydrogen-bond acceptors (Lipinski definition) is 1. The van der Waals surface area contributed by atoms with E-state index in [9.17, 15) is 0 Å². The van der Waals surface area contributed by atoms with E-state index in [1.54, 1.807) is 0 Å². The molecule has 0 unspecified atom stereocenters. The largest absolute Gasteiger partial charge is 1.00 e. The minimum absolute atomic E-state index is 0. The van der Waals surface area contributed by atoms with Crippen molar-refractivity contribution in [1.29, 1.82) is 0 Å². The molecule has 3 aromatic carbocycles. The smallest absolute Gasteiger partial charge is 0.113 e. The van der Waals surface area contributed by atoms with Crippen molar-refractivity contribution in [3.05, 3.63) is 91.0 Å². The standard InChI is InChI=1S/C26H33NP.ClH/c1-22(2)27(23(3)4)20-21-28(24-14-8-5-9-15-24,25-16-10-6-11-17-25)26-18-12-7-13-19-26;/h5-19,22-23H,20-21H2,1-4H3;1H/q+1;/p-1. The molecule has 3 heteroatoms. The first-order valence-electron chi connectivity index (χ1n) is 10.4. The van der Waals surface area contributed by atoms with Gasteiger partial charge in [0.2, 0.25) is 0 Å². The van der Waals surface area contributed by atoms with Gasteiger partial charge in [-0.3, -0.25) is 4.90 Å². The molecule has 0 bridgehead atoms. The number of hydrogen-bond donors (Lipinski definition) is 0. The molecule has 0 aliphatic heterocycles. The van der Waals surface area contributed by atoms with Gasteiger partial charge in [-0.1, -0.05) is 54.6 Å². The SMILES string of the molecule is CC(C)N(CC[P+](c1ccccc1)(c1ccccc1)c1ccccc1)C(C)C.[Cl-]. The molecule has 0 saturated carbocycles. The molecule has 0 N–H and O–H groups in total. The zero-order chi connectivity index (χ0) is 20.0. The van der Waals surface area contributed by atoms with Gasteiger partial charge in [0.25, 0.3) is 0 Å². The highest BCUT2D eigenvalue weighted by Crippen LogP contribution is 2.55. The van der Waals surface area contributed by atoms with Crippen LogP contribution in [0.2, 0.25) is 0 Å². The van der Waals surface area contributed by atoms with E-state index in [1.807, 2.05) is 0 Å². The van der Waals surface area contributed by atoms with E-state index >= 15 is 0 Å². The molecule has 0 atom stereocenters. The van der Waals surface area contributed by atoms with Gasteiger partial charge >= 0.3 is 0 Å². The molecule has 0 radical (unpaired) electrons. The molecule has 0 aliphatic carbocycles. The highest BCUT2D eigenvalue weighted by Gasteiger charge is 2.45. The van der Waals surface area contributed by atoms with E-state index in [4.69, 9.17) is 0 Å². The first-order chi connectivity index (χ1) is 13.6. The minimum Gasteiger partial charge on any atom is -1.00 e. The summed E-state index contributed by atoms with van der Waals surface area (Å²) in [4.78, 5) is 2.63. The van der Waals surface area contributed by atoms with Crippen molar-refractivity contribution in [1.82, 2.24) is 4.90 Å². The van der Waals surface area contributed by atoms with Crippen LogP contribution in [0, 0.1) is 0 Å². The van der Waals surface area contributed by atoms with E-state index in [0.717, 1.165) is 12.7 Å². The van der Waals surface area contributed by atoms with Gasteiger partial charge in [-0.2, -0.15) is 0 Å². The molecule has 0 aliphatic rings. The Morgan fingerprint density at radius 3 is 1.17 bits per heavy atom. The molecule has 0 heterocycles. The highest BCUT2D eigenvalue weighted by molar-refractivity contribution is 7.95. The Balaban J connectivity index is 0.00000300. The number of rotatable bonds is 8. The van der Waals surface area contributed by atoms with Crippen molar-refractivity contribution in [3.8, 4) is 0 Å². The monoisotopic (exact) mass is 425 g/mol. The fourth-order valence-corrected chi connectivity index (χ4v) is 8.50. The summed E-state index contributed by atoms with van der Waals surface area (Å²) < 4.78 is 0. The summed E-state index contributed by atoms with van der Waals surface area (Å²) in [5.41, 5.74) is 0. The van der Waals surface area contributed by atoms with Gasteiger partial charge in [-0.25, -0.2) is 0 Å². The number of halogens is 1. The lowest BCUT2D eigenvalue weighted by atomic mass is 10.2. The maximum atomic E-state index is 2.63. The Morgan fingerprint density at radius 2 is 0.897 bits per heavy atom. The van der Waals surface area contributed by atoms with Crippen LogP contribution in [0.5, 0.6) is 0 Å². The van der Waals surface area contributed by atoms with E-state index in [-0.39, 0.29) is 12.4 Å². The Bertz CT molecular complexity index is 730. The van der Waals surface area contributed by atoms with E-state index in [0.29, 0.717) is 12.1 Å². The number of benzene rings is 3. The fraction of sp³-hybridized carbons (Fsp3) is 0.308. The molecule has 3 aromatic rings. The predicted octanol–water partition coefficient (Wildman–Crippen LogP) is 2.10. The van der Waals surface area contributed by atoms with Crippen molar-refractivity contribution >= 4 is 23.2 Å². The summed E-state index contributed by atoms with van der Waals surface area (Å²) in [6.07, 6.45) is 1.15. The summed E-state index contributed by atoms with van der Waals surface area (Å²) in [6.45, 7) is 10.4. The maximum Gasteiger partial charge on any atom is 0.113 e. The second-order valence-corrected chi connectivity index (χ2v) is 11.6. The van der Waals surface area contributed by atoms with Crippen LogP contribution in [-0.4, -0.2) is 29.7 Å². The summed E-state index contributed by atoms with van der Waals surface area (Å²) in [6, 6.07) is 34.6. The normalized spacial score (nSPS) is 11.7. The topological polar surface area (TPSA) is 3.24 Å². The molecule has 0 saturated heterocycles. The molecule has 3 rings (SSSR count). The van der Waals surface area contributed by atoms with Gasteiger partial charge in [0.1, 0.15) is 23.2 Å². The van der Waals surface area contributed by atoms with Crippen LogP contribution in [0.25, 0.3) is 0 Å². The Kier molecular flexibility index (Phi) is 8.90. The first-order valence-corrected chi connectivity index (χ1v) is 12.3. The van der Waals surface area contributed by atoms with Crippen LogP contribution >= 0.6 is 7.26 Å². The van der Waals surface area contributed by atoms with Gasteiger partial charge in [-0.15, -0.1) is 0 Å². The van der Waals surface area contributed by atoms with Gasteiger partial charge in [-0.05, 0) is 64.1 Å². The van der Waals surface area contributed by atoms with Crippen LogP contribution in [0.4, 0.5) is 0 Å². The van der Waals surface area contributed by atoms with Crippen LogP contribution < -0.4 is 28.3 Å². The van der Waals surface area contributed by atoms with Crippen molar-refractivity contribution < 1.29 is 12.4 Å². The lowest BCUT2D eigenvalue weighted by Crippen LogP contribution is -3.00. The molecule has 1 nitrogen and oxygen atoms in total. The van der Waals surface area contributed by atoms with Crippen molar-refractivity contribution in [2.75, 3.05) is 12.7 Å². The minimum atomic E-state index is -1.73. The van der Waals surface area contributed by atoms with Gasteiger partial charge in [0, 0.05) is 18.6 Å². The fourth-order valence-electron chi connectivity index (χ4n) is 4.26. The zero-order valence-electron chi connectivity index (χ0n) is 18.0. The Labute approximate surface area is 183 Å². The van der Waals surface area contributed by atoms with E-state index < -0.39 is 7.26 Å². The molecular weight excluding hydrogens is 393 g/mol. The van der Waals surface area contributed by atoms with Gasteiger partial charge in [0.15, 0.2) is 0 Å². The van der Waals surface area contributed by atoms with Crippen molar-refractivity contribution in [2.45, 2.75) is 39.8 Å². The molecule has 0 spiro atoms. The van der Waals surface area contributed by atoms with Gasteiger partial charge < -0.3 is 12.4 Å².